The molecule has 0 aliphatic heterocycles. The maximum absolute atomic E-state index is 13.6. The fraction of sp³-hybridized carbons (Fsp3) is 0.238. The average molecular weight is 497 g/mol. The van der Waals surface area contributed by atoms with Crippen molar-refractivity contribution in [3.8, 4) is 5.75 Å². The van der Waals surface area contributed by atoms with E-state index in [-0.39, 0.29) is 58.4 Å². The second-order valence-electron chi connectivity index (χ2n) is 7.09. The van der Waals surface area contributed by atoms with Crippen LogP contribution < -0.4 is 49.6 Å². The molecule has 0 aliphatic carbocycles. The maximum atomic E-state index is 13.6. The van der Waals surface area contributed by atoms with Crippen LogP contribution in [0.15, 0.2) is 36.5 Å². The Morgan fingerprint density at radius 2 is 1.88 bits per heavy atom. The normalized spacial score (nSPS) is 10.9. The minimum atomic E-state index is -3.75. The summed E-state index contributed by atoms with van der Waals surface area (Å²) in [5.41, 5.74) is -0.331. The van der Waals surface area contributed by atoms with Crippen molar-refractivity contribution < 1.29 is 57.1 Å². The first-order chi connectivity index (χ1) is 15.5. The van der Waals surface area contributed by atoms with E-state index < -0.39 is 39.1 Å². The molecule has 0 radical (unpaired) electrons. The van der Waals surface area contributed by atoms with Crippen molar-refractivity contribution in [2.75, 3.05) is 24.2 Å². The van der Waals surface area contributed by atoms with Crippen molar-refractivity contribution >= 4 is 38.6 Å². The van der Waals surface area contributed by atoms with Crippen LogP contribution in [0, 0.1) is 5.82 Å². The van der Waals surface area contributed by atoms with E-state index in [0.29, 0.717) is 12.1 Å². The number of benzene rings is 1. The largest absolute Gasteiger partial charge is 1.00 e. The number of pyridine rings is 2. The van der Waals surface area contributed by atoms with Crippen LogP contribution in [-0.2, 0) is 16.6 Å². The van der Waals surface area contributed by atoms with Gasteiger partial charge >= 0.3 is 29.6 Å². The molecular weight excluding hydrogens is 476 g/mol. The molecule has 34 heavy (non-hydrogen) atoms. The molecule has 10 nitrogen and oxygen atoms in total. The van der Waals surface area contributed by atoms with Crippen LogP contribution in [0.3, 0.4) is 0 Å². The number of nitrogens with one attached hydrogen (secondary N) is 2. The van der Waals surface area contributed by atoms with Crippen LogP contribution in [-0.4, -0.2) is 50.0 Å². The number of carbonyl (C=O) groups is 2. The second kappa shape index (κ2) is 11.1. The number of fused-ring (bicyclic) bond motifs is 1. The smallest absolute Gasteiger partial charge is 0.869 e. The Morgan fingerprint density at radius 1 is 1.18 bits per heavy atom. The first-order valence-corrected chi connectivity index (χ1v) is 11.6. The van der Waals surface area contributed by atoms with Crippen LogP contribution in [0.5, 0.6) is 5.75 Å². The summed E-state index contributed by atoms with van der Waals surface area (Å²) in [6.07, 6.45) is 2.30. The summed E-state index contributed by atoms with van der Waals surface area (Å²) in [6, 6.07) is 6.52. The van der Waals surface area contributed by atoms with E-state index in [9.17, 15) is 27.5 Å². The zero-order chi connectivity index (χ0) is 24.3. The van der Waals surface area contributed by atoms with Gasteiger partial charge in [-0.2, -0.15) is 0 Å². The standard InChI is InChI=1S/C21H22FN5O5S.Na/c1-4-23-20(29)15-10-13(22)8-7-12(15)11-25-21(30)17-18(28)16-14(6-5-9-24-16)19(26-17)27(2)33(3,31)32;/h5-10,28H,4,11H2,1-3H3,(H,23,29)(H,25,30);/q;+1/p-1. The van der Waals surface area contributed by atoms with E-state index in [1.807, 2.05) is 0 Å². The van der Waals surface area contributed by atoms with Gasteiger partial charge in [0.05, 0.1) is 11.8 Å². The monoisotopic (exact) mass is 497 g/mol. The molecule has 13 heteroatoms. The van der Waals surface area contributed by atoms with Gasteiger partial charge in [0.2, 0.25) is 10.0 Å². The first kappa shape index (κ1) is 27.4. The second-order valence-corrected chi connectivity index (χ2v) is 9.10. The topological polar surface area (TPSA) is 144 Å². The molecule has 0 saturated carbocycles. The summed E-state index contributed by atoms with van der Waals surface area (Å²) in [7, 11) is -2.51. The Kier molecular flexibility index (Phi) is 8.95. The Labute approximate surface area is 217 Å². The maximum Gasteiger partial charge on any atom is 1.00 e. The molecule has 0 fully saturated rings. The third-order valence-corrected chi connectivity index (χ3v) is 5.97. The number of hydrogen-bond donors (Lipinski definition) is 2. The zero-order valence-corrected chi connectivity index (χ0v) is 21.9. The Hall–Kier alpha value is -2.80. The van der Waals surface area contributed by atoms with Crippen molar-refractivity contribution in [2.24, 2.45) is 0 Å². The number of anilines is 1. The van der Waals surface area contributed by atoms with E-state index in [2.05, 4.69) is 20.6 Å². The molecule has 0 atom stereocenters. The molecular formula is C21H21FN5NaO5S. The number of carbonyl (C=O) groups excluding carboxylic acids is 2. The van der Waals surface area contributed by atoms with Crippen LogP contribution in [0.25, 0.3) is 10.9 Å². The van der Waals surface area contributed by atoms with Crippen LogP contribution >= 0.6 is 0 Å². The summed E-state index contributed by atoms with van der Waals surface area (Å²) in [5.74, 6) is -2.95. The van der Waals surface area contributed by atoms with E-state index in [1.165, 1.54) is 31.4 Å². The molecule has 0 bridgehead atoms. The van der Waals surface area contributed by atoms with Gasteiger partial charge in [-0.15, -0.1) is 0 Å². The van der Waals surface area contributed by atoms with E-state index >= 15 is 0 Å². The SMILES string of the molecule is CCNC(=O)c1cc(F)ccc1CNC(=O)c1nc(N(C)S(C)(=O)=O)c2cccnc2c1[O-].[Na+]. The number of aromatic nitrogens is 2. The Balaban J connectivity index is 0.00000408. The number of hydrogen-bond acceptors (Lipinski definition) is 7. The van der Waals surface area contributed by atoms with Gasteiger partial charge in [-0.3, -0.25) is 18.9 Å². The summed E-state index contributed by atoms with van der Waals surface area (Å²) in [4.78, 5) is 33.1. The van der Waals surface area contributed by atoms with Gasteiger partial charge in [-0.25, -0.2) is 17.8 Å². The summed E-state index contributed by atoms with van der Waals surface area (Å²) in [5, 5.41) is 18.1. The predicted molar refractivity (Wildman–Crippen MR) is 118 cm³/mol. The number of amides is 2. The van der Waals surface area contributed by atoms with Crippen LogP contribution in [0.1, 0.15) is 33.3 Å². The van der Waals surface area contributed by atoms with Gasteiger partial charge in [0.15, 0.2) is 5.82 Å². The quantitative estimate of drug-likeness (QED) is 0.357. The molecule has 0 spiro atoms. The molecule has 0 unspecified atom stereocenters. The molecule has 2 amide bonds. The fourth-order valence-electron chi connectivity index (χ4n) is 3.08. The number of rotatable bonds is 7. The molecule has 2 N–H and O–H groups in total. The van der Waals surface area contributed by atoms with Crippen molar-refractivity contribution in [1.29, 1.82) is 0 Å². The molecule has 2 aromatic heterocycles. The van der Waals surface area contributed by atoms with Crippen molar-refractivity contribution in [2.45, 2.75) is 13.5 Å². The van der Waals surface area contributed by atoms with Crippen molar-refractivity contribution in [1.82, 2.24) is 20.6 Å². The fourth-order valence-corrected chi connectivity index (χ4v) is 3.53. The minimum absolute atomic E-state index is 0. The summed E-state index contributed by atoms with van der Waals surface area (Å²) >= 11 is 0. The van der Waals surface area contributed by atoms with Crippen molar-refractivity contribution in [3.63, 3.8) is 0 Å². The third-order valence-electron chi connectivity index (χ3n) is 4.80. The first-order valence-electron chi connectivity index (χ1n) is 9.79. The molecule has 0 aliphatic rings. The summed E-state index contributed by atoms with van der Waals surface area (Å²) < 4.78 is 38.6. The van der Waals surface area contributed by atoms with Gasteiger partial charge in [0, 0.05) is 37.3 Å². The molecule has 3 rings (SSSR count). The number of nitrogens with zero attached hydrogens (tertiary/aromatic N) is 3. The zero-order valence-electron chi connectivity index (χ0n) is 19.0. The average Bonchev–Trinajstić information content (AvgIpc) is 2.77. The predicted octanol–water partition coefficient (Wildman–Crippen LogP) is -2.08. The summed E-state index contributed by atoms with van der Waals surface area (Å²) in [6.45, 7) is 1.83. The number of sulfonamides is 1. The van der Waals surface area contributed by atoms with Crippen LogP contribution in [0.2, 0.25) is 0 Å². The molecule has 3 aromatic rings. The van der Waals surface area contributed by atoms with Gasteiger partial charge in [-0.05, 0) is 42.5 Å². The van der Waals surface area contributed by atoms with E-state index in [0.717, 1.165) is 22.7 Å². The third kappa shape index (κ3) is 5.81. The van der Waals surface area contributed by atoms with E-state index in [1.54, 1.807) is 6.92 Å². The molecule has 2 heterocycles. The van der Waals surface area contributed by atoms with Crippen molar-refractivity contribution in [3.05, 3.63) is 59.2 Å². The Bertz CT molecular complexity index is 1350. The van der Waals surface area contributed by atoms with E-state index in [4.69, 9.17) is 0 Å². The van der Waals surface area contributed by atoms with Gasteiger partial charge < -0.3 is 15.7 Å². The van der Waals surface area contributed by atoms with Gasteiger partial charge in [0.25, 0.3) is 11.8 Å². The molecule has 174 valence electrons. The number of halogens is 1. The van der Waals surface area contributed by atoms with Gasteiger partial charge in [0.1, 0.15) is 11.5 Å². The minimum Gasteiger partial charge on any atom is -0.869 e. The molecule has 1 aromatic carbocycles. The molecule has 0 saturated heterocycles. The van der Waals surface area contributed by atoms with Gasteiger partial charge in [-0.1, -0.05) is 6.07 Å². The van der Waals surface area contributed by atoms with Crippen LogP contribution in [0.4, 0.5) is 10.2 Å². The Morgan fingerprint density at radius 3 is 2.53 bits per heavy atom.